The maximum atomic E-state index is 12.5. The molecular formula is C19H27N3O4. The number of amides is 3. The van der Waals surface area contributed by atoms with Crippen molar-refractivity contribution >= 4 is 11.9 Å². The van der Waals surface area contributed by atoms with Gasteiger partial charge in [0.05, 0.1) is 6.42 Å². The Kier molecular flexibility index (Phi) is 5.25. The van der Waals surface area contributed by atoms with Crippen LogP contribution < -0.4 is 14.8 Å². The maximum Gasteiger partial charge on any atom is 0.317 e. The van der Waals surface area contributed by atoms with E-state index in [0.29, 0.717) is 44.9 Å². The molecule has 26 heavy (non-hydrogen) atoms. The largest absolute Gasteiger partial charge is 0.454 e. The molecule has 0 unspecified atom stereocenters. The standard InChI is InChI=1S/C19H27N3O4/c1-19(2,3)12-20-18(24)22-8-6-21(7-9-22)17(23)11-14-4-5-15-16(10-14)26-13-25-15/h4-5,10H,6-9,11-13H2,1-3H3,(H,20,24). The van der Waals surface area contributed by atoms with E-state index in [9.17, 15) is 9.59 Å². The highest BCUT2D eigenvalue weighted by Gasteiger charge is 2.25. The summed E-state index contributed by atoms with van der Waals surface area (Å²) in [6, 6.07) is 5.53. The summed E-state index contributed by atoms with van der Waals surface area (Å²) in [5.74, 6) is 1.48. The number of hydrogen-bond acceptors (Lipinski definition) is 4. The van der Waals surface area contributed by atoms with E-state index in [-0.39, 0.29) is 24.1 Å². The van der Waals surface area contributed by atoms with E-state index < -0.39 is 0 Å². The average molecular weight is 361 g/mol. The Morgan fingerprint density at radius 2 is 1.69 bits per heavy atom. The molecule has 1 aromatic carbocycles. The molecule has 142 valence electrons. The number of nitrogens with one attached hydrogen (secondary N) is 1. The average Bonchev–Trinajstić information content (AvgIpc) is 3.07. The van der Waals surface area contributed by atoms with Crippen LogP contribution in [-0.4, -0.2) is 61.3 Å². The van der Waals surface area contributed by atoms with Gasteiger partial charge in [0.25, 0.3) is 0 Å². The van der Waals surface area contributed by atoms with Crippen molar-refractivity contribution in [1.29, 1.82) is 0 Å². The van der Waals surface area contributed by atoms with Crippen LogP contribution in [0.15, 0.2) is 18.2 Å². The zero-order valence-corrected chi connectivity index (χ0v) is 15.7. The van der Waals surface area contributed by atoms with E-state index in [1.807, 2.05) is 23.1 Å². The highest BCUT2D eigenvalue weighted by molar-refractivity contribution is 5.80. The lowest BCUT2D eigenvalue weighted by molar-refractivity contribution is -0.131. The molecular weight excluding hydrogens is 334 g/mol. The van der Waals surface area contributed by atoms with Crippen LogP contribution in [0.1, 0.15) is 26.3 Å². The third kappa shape index (κ3) is 4.59. The Hall–Kier alpha value is -2.44. The van der Waals surface area contributed by atoms with Crippen molar-refractivity contribution in [2.75, 3.05) is 39.5 Å². The molecule has 2 aliphatic heterocycles. The summed E-state index contributed by atoms with van der Waals surface area (Å²) >= 11 is 0. The van der Waals surface area contributed by atoms with Crippen LogP contribution in [0, 0.1) is 5.41 Å². The number of carbonyl (C=O) groups is 2. The van der Waals surface area contributed by atoms with Gasteiger partial charge in [0.15, 0.2) is 11.5 Å². The first-order chi connectivity index (χ1) is 12.3. The van der Waals surface area contributed by atoms with E-state index in [1.165, 1.54) is 0 Å². The summed E-state index contributed by atoms with van der Waals surface area (Å²) in [5, 5.41) is 2.96. The number of nitrogens with zero attached hydrogens (tertiary/aromatic N) is 2. The minimum atomic E-state index is -0.0530. The monoisotopic (exact) mass is 361 g/mol. The first-order valence-electron chi connectivity index (χ1n) is 9.01. The molecule has 0 spiro atoms. The number of rotatable bonds is 3. The zero-order chi connectivity index (χ0) is 18.7. The van der Waals surface area contributed by atoms with E-state index in [2.05, 4.69) is 26.1 Å². The number of carbonyl (C=O) groups excluding carboxylic acids is 2. The van der Waals surface area contributed by atoms with Crippen LogP contribution in [0.4, 0.5) is 4.79 Å². The SMILES string of the molecule is CC(C)(C)CNC(=O)N1CCN(C(=O)Cc2ccc3c(c2)OCO3)CC1. The lowest BCUT2D eigenvalue weighted by Gasteiger charge is -2.35. The van der Waals surface area contributed by atoms with E-state index in [1.54, 1.807) is 4.90 Å². The predicted molar refractivity (Wildman–Crippen MR) is 97.3 cm³/mol. The van der Waals surface area contributed by atoms with Gasteiger partial charge in [-0.15, -0.1) is 0 Å². The number of hydrogen-bond donors (Lipinski definition) is 1. The molecule has 7 heteroatoms. The molecule has 0 bridgehead atoms. The van der Waals surface area contributed by atoms with Gasteiger partial charge in [0.1, 0.15) is 0 Å². The predicted octanol–water partition coefficient (Wildman–Crippen LogP) is 1.86. The van der Waals surface area contributed by atoms with Gasteiger partial charge in [-0.3, -0.25) is 4.79 Å². The fourth-order valence-electron chi connectivity index (χ4n) is 2.95. The number of ether oxygens (including phenoxy) is 2. The second-order valence-corrected chi connectivity index (χ2v) is 7.95. The Balaban J connectivity index is 1.47. The first-order valence-corrected chi connectivity index (χ1v) is 9.01. The quantitative estimate of drug-likeness (QED) is 0.892. The summed E-state index contributed by atoms with van der Waals surface area (Å²) in [6.07, 6.45) is 0.326. The third-order valence-corrected chi connectivity index (χ3v) is 4.48. The molecule has 3 amide bonds. The fourth-order valence-corrected chi connectivity index (χ4v) is 2.95. The summed E-state index contributed by atoms with van der Waals surface area (Å²) in [4.78, 5) is 28.3. The zero-order valence-electron chi connectivity index (χ0n) is 15.7. The van der Waals surface area contributed by atoms with Gasteiger partial charge in [-0.2, -0.15) is 0 Å². The number of urea groups is 1. The van der Waals surface area contributed by atoms with Crippen molar-refractivity contribution in [3.05, 3.63) is 23.8 Å². The number of benzene rings is 1. The van der Waals surface area contributed by atoms with Gasteiger partial charge in [-0.05, 0) is 23.1 Å². The topological polar surface area (TPSA) is 71.1 Å². The van der Waals surface area contributed by atoms with Gasteiger partial charge >= 0.3 is 6.03 Å². The Labute approximate surface area is 154 Å². The summed E-state index contributed by atoms with van der Waals surface area (Å²) in [5.41, 5.74) is 0.961. The second kappa shape index (κ2) is 7.43. The normalized spacial score (nSPS) is 16.6. The van der Waals surface area contributed by atoms with Crippen LogP contribution in [0.5, 0.6) is 11.5 Å². The molecule has 1 N–H and O–H groups in total. The highest BCUT2D eigenvalue weighted by atomic mass is 16.7. The molecule has 0 atom stereocenters. The van der Waals surface area contributed by atoms with Crippen LogP contribution in [0.3, 0.4) is 0 Å². The van der Waals surface area contributed by atoms with Gasteiger partial charge < -0.3 is 24.6 Å². The molecule has 7 nitrogen and oxygen atoms in total. The van der Waals surface area contributed by atoms with Gasteiger partial charge in [-0.25, -0.2) is 4.79 Å². The minimum absolute atomic E-state index is 0.0530. The highest BCUT2D eigenvalue weighted by Crippen LogP contribution is 2.32. The Morgan fingerprint density at radius 1 is 1.04 bits per heavy atom. The maximum absolute atomic E-state index is 12.5. The van der Waals surface area contributed by atoms with Gasteiger partial charge in [-0.1, -0.05) is 26.8 Å². The first kappa shape index (κ1) is 18.4. The summed E-state index contributed by atoms with van der Waals surface area (Å²) < 4.78 is 10.6. The number of piperazine rings is 1. The van der Waals surface area contributed by atoms with Gasteiger partial charge in [0.2, 0.25) is 12.7 Å². The van der Waals surface area contributed by atoms with E-state index in [4.69, 9.17) is 9.47 Å². The smallest absolute Gasteiger partial charge is 0.317 e. The molecule has 0 aromatic heterocycles. The molecule has 0 aliphatic carbocycles. The summed E-state index contributed by atoms with van der Waals surface area (Å²) in [7, 11) is 0. The Morgan fingerprint density at radius 3 is 2.38 bits per heavy atom. The molecule has 1 saturated heterocycles. The van der Waals surface area contributed by atoms with Crippen molar-refractivity contribution in [3.8, 4) is 11.5 Å². The lowest BCUT2D eigenvalue weighted by atomic mass is 9.97. The summed E-state index contributed by atoms with van der Waals surface area (Å²) in [6.45, 7) is 9.35. The molecule has 0 radical (unpaired) electrons. The van der Waals surface area contributed by atoms with Crippen molar-refractivity contribution in [1.82, 2.24) is 15.1 Å². The van der Waals surface area contributed by atoms with Crippen molar-refractivity contribution < 1.29 is 19.1 Å². The van der Waals surface area contributed by atoms with Crippen LogP contribution in [-0.2, 0) is 11.2 Å². The van der Waals surface area contributed by atoms with Crippen molar-refractivity contribution in [2.45, 2.75) is 27.2 Å². The number of fused-ring (bicyclic) bond motifs is 1. The second-order valence-electron chi connectivity index (χ2n) is 7.95. The molecule has 2 heterocycles. The van der Waals surface area contributed by atoms with E-state index >= 15 is 0 Å². The Bertz CT molecular complexity index is 676. The molecule has 3 rings (SSSR count). The van der Waals surface area contributed by atoms with Crippen molar-refractivity contribution in [3.63, 3.8) is 0 Å². The molecule has 0 saturated carbocycles. The molecule has 1 aromatic rings. The van der Waals surface area contributed by atoms with Crippen LogP contribution >= 0.6 is 0 Å². The van der Waals surface area contributed by atoms with Crippen LogP contribution in [0.25, 0.3) is 0 Å². The minimum Gasteiger partial charge on any atom is -0.454 e. The van der Waals surface area contributed by atoms with Crippen molar-refractivity contribution in [2.24, 2.45) is 5.41 Å². The van der Waals surface area contributed by atoms with Crippen LogP contribution in [0.2, 0.25) is 0 Å². The lowest BCUT2D eigenvalue weighted by Crippen LogP contribution is -2.54. The van der Waals surface area contributed by atoms with E-state index in [0.717, 1.165) is 11.3 Å². The fraction of sp³-hybridized carbons (Fsp3) is 0.579. The molecule has 2 aliphatic rings. The van der Waals surface area contributed by atoms with Gasteiger partial charge in [0, 0.05) is 32.7 Å². The third-order valence-electron chi connectivity index (χ3n) is 4.48. The molecule has 1 fully saturated rings.